The fourth-order valence-electron chi connectivity index (χ4n) is 3.13. The zero-order valence-electron chi connectivity index (χ0n) is 12.0. The summed E-state index contributed by atoms with van der Waals surface area (Å²) in [5, 5.41) is 0. The highest BCUT2D eigenvalue weighted by molar-refractivity contribution is 5.80. The molecule has 0 bridgehead atoms. The molecule has 0 aromatic heterocycles. The molecule has 2 unspecified atom stereocenters. The van der Waals surface area contributed by atoms with Crippen molar-refractivity contribution in [3.05, 3.63) is 0 Å². The number of nitrogens with zero attached hydrogens (tertiary/aromatic N) is 2. The molecule has 1 saturated heterocycles. The SMILES string of the molecule is CC(C)(C)N1CCN(C(=O)C2CCCC2N)CC1. The maximum atomic E-state index is 12.4. The first-order chi connectivity index (χ1) is 8.39. The third-order valence-corrected chi connectivity index (χ3v) is 4.43. The van der Waals surface area contributed by atoms with E-state index in [0.29, 0.717) is 5.91 Å². The lowest BCUT2D eigenvalue weighted by Crippen LogP contribution is -2.56. The molecule has 2 rings (SSSR count). The van der Waals surface area contributed by atoms with Gasteiger partial charge in [0, 0.05) is 37.8 Å². The van der Waals surface area contributed by atoms with Gasteiger partial charge in [-0.25, -0.2) is 0 Å². The van der Waals surface area contributed by atoms with E-state index in [0.717, 1.165) is 45.4 Å². The predicted molar refractivity (Wildman–Crippen MR) is 73.2 cm³/mol. The molecule has 0 aromatic rings. The molecule has 2 atom stereocenters. The summed E-state index contributed by atoms with van der Waals surface area (Å²) >= 11 is 0. The Hall–Kier alpha value is -0.610. The van der Waals surface area contributed by atoms with Gasteiger partial charge >= 0.3 is 0 Å². The van der Waals surface area contributed by atoms with E-state index in [1.807, 2.05) is 4.90 Å². The number of rotatable bonds is 1. The number of hydrogen-bond donors (Lipinski definition) is 1. The second-order valence-electron chi connectivity index (χ2n) is 6.68. The minimum absolute atomic E-state index is 0.0891. The second-order valence-corrected chi connectivity index (χ2v) is 6.68. The van der Waals surface area contributed by atoms with Crippen molar-refractivity contribution in [3.63, 3.8) is 0 Å². The zero-order valence-corrected chi connectivity index (χ0v) is 12.0. The van der Waals surface area contributed by atoms with Crippen LogP contribution in [0.25, 0.3) is 0 Å². The summed E-state index contributed by atoms with van der Waals surface area (Å²) in [5.41, 5.74) is 6.23. The molecule has 2 N–H and O–H groups in total. The van der Waals surface area contributed by atoms with Gasteiger partial charge in [0.1, 0.15) is 0 Å². The van der Waals surface area contributed by atoms with Crippen molar-refractivity contribution >= 4 is 5.91 Å². The van der Waals surface area contributed by atoms with Gasteiger partial charge in [0.15, 0.2) is 0 Å². The largest absolute Gasteiger partial charge is 0.340 e. The summed E-state index contributed by atoms with van der Waals surface area (Å²) in [5.74, 6) is 0.389. The summed E-state index contributed by atoms with van der Waals surface area (Å²) < 4.78 is 0. The number of carbonyl (C=O) groups excluding carboxylic acids is 1. The maximum Gasteiger partial charge on any atom is 0.227 e. The zero-order chi connectivity index (χ0) is 13.3. The average molecular weight is 253 g/mol. The van der Waals surface area contributed by atoms with Crippen LogP contribution in [-0.4, -0.2) is 53.5 Å². The van der Waals surface area contributed by atoms with Crippen molar-refractivity contribution in [1.29, 1.82) is 0 Å². The van der Waals surface area contributed by atoms with E-state index in [1.165, 1.54) is 0 Å². The normalized spacial score (nSPS) is 30.8. The van der Waals surface area contributed by atoms with Crippen LogP contribution in [0.5, 0.6) is 0 Å². The number of hydrogen-bond acceptors (Lipinski definition) is 3. The average Bonchev–Trinajstić information content (AvgIpc) is 2.73. The van der Waals surface area contributed by atoms with Gasteiger partial charge < -0.3 is 10.6 Å². The van der Waals surface area contributed by atoms with Gasteiger partial charge in [-0.05, 0) is 33.6 Å². The van der Waals surface area contributed by atoms with Crippen LogP contribution in [0.4, 0.5) is 0 Å². The van der Waals surface area contributed by atoms with Gasteiger partial charge in [-0.1, -0.05) is 6.42 Å². The van der Waals surface area contributed by atoms with E-state index >= 15 is 0 Å². The quantitative estimate of drug-likeness (QED) is 0.760. The van der Waals surface area contributed by atoms with Crippen LogP contribution in [-0.2, 0) is 4.79 Å². The fourth-order valence-corrected chi connectivity index (χ4v) is 3.13. The monoisotopic (exact) mass is 253 g/mol. The van der Waals surface area contributed by atoms with Gasteiger partial charge in [0.05, 0.1) is 5.92 Å². The topological polar surface area (TPSA) is 49.6 Å². The highest BCUT2D eigenvalue weighted by Crippen LogP contribution is 2.26. The summed E-state index contributed by atoms with van der Waals surface area (Å²) in [4.78, 5) is 16.9. The molecule has 1 heterocycles. The minimum atomic E-state index is 0.0891. The standard InChI is InChI=1S/C14H27N3O/c1-14(2,3)17-9-7-16(8-10-17)13(18)11-5-4-6-12(11)15/h11-12H,4-10,15H2,1-3H3. The molecular formula is C14H27N3O. The number of carbonyl (C=O) groups is 1. The molecule has 1 saturated carbocycles. The lowest BCUT2D eigenvalue weighted by molar-refractivity contribution is -0.138. The van der Waals surface area contributed by atoms with Crippen LogP contribution in [0.1, 0.15) is 40.0 Å². The lowest BCUT2D eigenvalue weighted by Gasteiger charge is -2.43. The molecule has 0 aromatic carbocycles. The molecule has 4 nitrogen and oxygen atoms in total. The van der Waals surface area contributed by atoms with Crippen LogP contribution in [0.2, 0.25) is 0 Å². The molecule has 1 amide bonds. The summed E-state index contributed by atoms with van der Waals surface area (Å²) in [6.07, 6.45) is 3.11. The predicted octanol–water partition coefficient (Wildman–Crippen LogP) is 1.06. The Balaban J connectivity index is 1.88. The molecule has 0 spiro atoms. The van der Waals surface area contributed by atoms with Crippen LogP contribution in [0, 0.1) is 5.92 Å². The van der Waals surface area contributed by atoms with Crippen LogP contribution < -0.4 is 5.73 Å². The molecule has 1 aliphatic heterocycles. The highest BCUT2D eigenvalue weighted by atomic mass is 16.2. The third kappa shape index (κ3) is 2.86. The highest BCUT2D eigenvalue weighted by Gasteiger charge is 2.35. The summed E-state index contributed by atoms with van der Waals surface area (Å²) in [6, 6.07) is 0.0955. The van der Waals surface area contributed by atoms with Crippen molar-refractivity contribution < 1.29 is 4.79 Å². The van der Waals surface area contributed by atoms with Crippen molar-refractivity contribution in [2.75, 3.05) is 26.2 Å². The van der Waals surface area contributed by atoms with E-state index in [1.54, 1.807) is 0 Å². The molecule has 1 aliphatic carbocycles. The van der Waals surface area contributed by atoms with Crippen molar-refractivity contribution in [1.82, 2.24) is 9.80 Å². The molecule has 104 valence electrons. The summed E-state index contributed by atoms with van der Waals surface area (Å²) in [6.45, 7) is 10.4. The van der Waals surface area contributed by atoms with Crippen molar-refractivity contribution in [2.45, 2.75) is 51.6 Å². The Morgan fingerprint density at radius 3 is 2.17 bits per heavy atom. The smallest absolute Gasteiger partial charge is 0.227 e. The van der Waals surface area contributed by atoms with E-state index in [4.69, 9.17) is 5.73 Å². The Morgan fingerprint density at radius 1 is 1.11 bits per heavy atom. The van der Waals surface area contributed by atoms with Gasteiger partial charge in [0.2, 0.25) is 5.91 Å². The third-order valence-electron chi connectivity index (χ3n) is 4.43. The van der Waals surface area contributed by atoms with Gasteiger partial charge in [-0.2, -0.15) is 0 Å². The summed E-state index contributed by atoms with van der Waals surface area (Å²) in [7, 11) is 0. The van der Waals surface area contributed by atoms with E-state index < -0.39 is 0 Å². The minimum Gasteiger partial charge on any atom is -0.340 e. The molecular weight excluding hydrogens is 226 g/mol. The lowest BCUT2D eigenvalue weighted by atomic mass is 10.0. The number of nitrogens with two attached hydrogens (primary N) is 1. The van der Waals surface area contributed by atoms with E-state index in [9.17, 15) is 4.79 Å². The Kier molecular flexibility index (Phi) is 3.97. The fraction of sp³-hybridized carbons (Fsp3) is 0.929. The van der Waals surface area contributed by atoms with Gasteiger partial charge in [-0.3, -0.25) is 9.69 Å². The molecule has 4 heteroatoms. The molecule has 0 radical (unpaired) electrons. The second kappa shape index (κ2) is 5.17. The molecule has 2 fully saturated rings. The van der Waals surface area contributed by atoms with Crippen LogP contribution >= 0.6 is 0 Å². The van der Waals surface area contributed by atoms with Gasteiger partial charge in [-0.15, -0.1) is 0 Å². The van der Waals surface area contributed by atoms with E-state index in [-0.39, 0.29) is 17.5 Å². The first kappa shape index (κ1) is 13.8. The van der Waals surface area contributed by atoms with Gasteiger partial charge in [0.25, 0.3) is 0 Å². The maximum absolute atomic E-state index is 12.4. The Morgan fingerprint density at radius 2 is 1.72 bits per heavy atom. The van der Waals surface area contributed by atoms with Crippen LogP contribution in [0.3, 0.4) is 0 Å². The van der Waals surface area contributed by atoms with Crippen LogP contribution in [0.15, 0.2) is 0 Å². The molecule has 18 heavy (non-hydrogen) atoms. The molecule has 2 aliphatic rings. The first-order valence-electron chi connectivity index (χ1n) is 7.19. The Bertz CT molecular complexity index is 303. The van der Waals surface area contributed by atoms with E-state index in [2.05, 4.69) is 25.7 Å². The Labute approximate surface area is 110 Å². The number of piperazine rings is 1. The number of amides is 1. The first-order valence-corrected chi connectivity index (χ1v) is 7.19. The van der Waals surface area contributed by atoms with Crippen molar-refractivity contribution in [2.24, 2.45) is 11.7 Å². The van der Waals surface area contributed by atoms with Crippen molar-refractivity contribution in [3.8, 4) is 0 Å².